The Morgan fingerprint density at radius 1 is 1.03 bits per heavy atom. The third kappa shape index (κ3) is 6.34. The van der Waals surface area contributed by atoms with Crippen LogP contribution in [0.15, 0.2) is 48.2 Å². The van der Waals surface area contributed by atoms with E-state index in [2.05, 4.69) is 0 Å². The first-order valence-electron chi connectivity index (χ1n) is 10.9. The molecule has 200 valence electrons. The molecule has 0 bridgehead atoms. The van der Waals surface area contributed by atoms with E-state index in [1.807, 2.05) is 0 Å². The summed E-state index contributed by atoms with van der Waals surface area (Å²) in [5.74, 6) is -2.38. The van der Waals surface area contributed by atoms with Gasteiger partial charge in [-0.3, -0.25) is 0 Å². The van der Waals surface area contributed by atoms with Crippen molar-refractivity contribution >= 4 is 28.9 Å². The predicted octanol–water partition coefficient (Wildman–Crippen LogP) is 6.67. The van der Waals surface area contributed by atoms with Gasteiger partial charge in [0.2, 0.25) is 0 Å². The molecular weight excluding hydrogens is 518 g/mol. The maximum absolute atomic E-state index is 13.3. The molecule has 2 aromatic carbocycles. The Balaban J connectivity index is 2.23. The molecule has 1 heterocycles. The van der Waals surface area contributed by atoms with Crippen LogP contribution in [-0.4, -0.2) is 27.2 Å². The highest BCUT2D eigenvalue weighted by Crippen LogP contribution is 2.37. The molecule has 0 saturated heterocycles. The largest absolute Gasteiger partial charge is 0.478 e. The number of aromatic nitrogens is 1. The third-order valence-electron chi connectivity index (χ3n) is 5.21. The number of fused-ring (bicyclic) bond motifs is 1. The first-order chi connectivity index (χ1) is 17.4. The van der Waals surface area contributed by atoms with Gasteiger partial charge in [0.15, 0.2) is 0 Å². The van der Waals surface area contributed by atoms with E-state index >= 15 is 0 Å². The lowest BCUT2D eigenvalue weighted by Crippen LogP contribution is -2.24. The highest BCUT2D eigenvalue weighted by Gasteiger charge is 2.37. The Morgan fingerprint density at radius 3 is 2.08 bits per heavy atom. The summed E-state index contributed by atoms with van der Waals surface area (Å²) >= 11 is 0. The zero-order valence-corrected chi connectivity index (χ0v) is 20.2. The van der Waals surface area contributed by atoms with Gasteiger partial charge in [-0.1, -0.05) is 6.07 Å². The molecule has 0 aliphatic carbocycles. The van der Waals surface area contributed by atoms with Gasteiger partial charge in [-0.15, -0.1) is 0 Å². The molecule has 0 saturated carbocycles. The fourth-order valence-electron chi connectivity index (χ4n) is 3.74. The van der Waals surface area contributed by atoms with Crippen molar-refractivity contribution in [3.63, 3.8) is 0 Å². The Kier molecular flexibility index (Phi) is 7.36. The normalized spacial score (nSPS) is 12.9. The number of alkyl halides is 6. The number of halogens is 6. The van der Waals surface area contributed by atoms with Crippen LogP contribution in [-0.2, 0) is 28.4 Å². The number of carboxylic acids is 1. The molecule has 1 aromatic heterocycles. The first-order valence-corrected chi connectivity index (χ1v) is 10.9. The van der Waals surface area contributed by atoms with Gasteiger partial charge < -0.3 is 14.4 Å². The molecule has 0 amide bonds. The molecule has 6 nitrogen and oxygen atoms in total. The van der Waals surface area contributed by atoms with Crippen molar-refractivity contribution in [1.82, 2.24) is 4.57 Å². The van der Waals surface area contributed by atoms with Crippen molar-refractivity contribution in [3.05, 3.63) is 76.0 Å². The van der Waals surface area contributed by atoms with Gasteiger partial charge in [0.05, 0.1) is 16.7 Å². The fourth-order valence-corrected chi connectivity index (χ4v) is 3.74. The van der Waals surface area contributed by atoms with Crippen LogP contribution in [0.5, 0.6) is 0 Å². The summed E-state index contributed by atoms with van der Waals surface area (Å²) in [5.41, 5.74) is -4.87. The number of hydrogen-bond donors (Lipinski definition) is 1. The summed E-state index contributed by atoms with van der Waals surface area (Å²) in [5, 5.41) is 19.2. The summed E-state index contributed by atoms with van der Waals surface area (Å²) < 4.78 is 86.4. The van der Waals surface area contributed by atoms with Crippen LogP contribution in [0.3, 0.4) is 0 Å². The number of ether oxygens (including phenoxy) is 1. The van der Waals surface area contributed by atoms with Crippen molar-refractivity contribution in [3.8, 4) is 6.07 Å². The number of nitrogens with zero attached hydrogens (tertiary/aromatic N) is 2. The molecule has 3 aromatic rings. The molecule has 0 atom stereocenters. The van der Waals surface area contributed by atoms with Gasteiger partial charge in [0.25, 0.3) is 0 Å². The molecule has 3 rings (SSSR count). The fraction of sp³-hybridized carbons (Fsp3) is 0.269. The third-order valence-corrected chi connectivity index (χ3v) is 5.21. The van der Waals surface area contributed by atoms with E-state index in [1.54, 1.807) is 26.8 Å². The predicted molar refractivity (Wildman–Crippen MR) is 124 cm³/mol. The van der Waals surface area contributed by atoms with Crippen molar-refractivity contribution in [1.29, 1.82) is 5.26 Å². The number of nitriles is 1. The van der Waals surface area contributed by atoms with Crippen molar-refractivity contribution in [2.24, 2.45) is 0 Å². The summed E-state index contributed by atoms with van der Waals surface area (Å²) in [6, 6.07) is 6.82. The molecule has 0 aliphatic heterocycles. The van der Waals surface area contributed by atoms with E-state index in [4.69, 9.17) is 4.74 Å². The molecule has 1 N–H and O–H groups in total. The maximum atomic E-state index is 13.3. The molecule has 38 heavy (non-hydrogen) atoms. The Morgan fingerprint density at radius 2 is 1.61 bits per heavy atom. The SMILES string of the molecule is CC(C)(C)OC(=O)C(C#N)=Cc1cn(Cc2cc(C(F)(F)F)cc(C(F)(F)F)c2)c2cccc(C(=O)O)c12. The minimum absolute atomic E-state index is 0.00793. The number of hydrogen-bond acceptors (Lipinski definition) is 4. The van der Waals surface area contributed by atoms with Crippen LogP contribution in [0.2, 0.25) is 0 Å². The lowest BCUT2D eigenvalue weighted by molar-refractivity contribution is -0.149. The number of carbonyl (C=O) groups excluding carboxylic acids is 1. The smallest absolute Gasteiger partial charge is 0.416 e. The lowest BCUT2D eigenvalue weighted by Gasteiger charge is -2.18. The Bertz CT molecular complexity index is 1450. The summed E-state index contributed by atoms with van der Waals surface area (Å²) in [7, 11) is 0. The second kappa shape index (κ2) is 9.89. The number of aromatic carboxylic acids is 1. The van der Waals surface area contributed by atoms with E-state index in [0.717, 1.165) is 6.08 Å². The molecule has 0 spiro atoms. The lowest BCUT2D eigenvalue weighted by atomic mass is 10.0. The van der Waals surface area contributed by atoms with Gasteiger partial charge in [-0.25, -0.2) is 9.59 Å². The minimum atomic E-state index is -5.05. The molecular formula is C26H20F6N2O4. The van der Waals surface area contributed by atoms with E-state index in [1.165, 1.54) is 29.0 Å². The quantitative estimate of drug-likeness (QED) is 0.169. The van der Waals surface area contributed by atoms with Crippen LogP contribution >= 0.6 is 0 Å². The van der Waals surface area contributed by atoms with Crippen molar-refractivity contribution in [2.75, 3.05) is 0 Å². The average molecular weight is 538 g/mol. The van der Waals surface area contributed by atoms with E-state index in [-0.39, 0.29) is 33.7 Å². The highest BCUT2D eigenvalue weighted by molar-refractivity contribution is 6.08. The van der Waals surface area contributed by atoms with Gasteiger partial charge in [-0.05, 0) is 62.7 Å². The second-order valence-corrected chi connectivity index (χ2v) is 9.30. The molecule has 0 fully saturated rings. The van der Waals surface area contributed by atoms with Gasteiger partial charge in [0.1, 0.15) is 17.2 Å². The van der Waals surface area contributed by atoms with Crippen LogP contribution in [0.1, 0.15) is 53.4 Å². The number of rotatable bonds is 5. The molecule has 12 heteroatoms. The molecule has 0 aliphatic rings. The maximum Gasteiger partial charge on any atom is 0.416 e. The first kappa shape index (κ1) is 28.3. The molecule has 0 unspecified atom stereocenters. The second-order valence-electron chi connectivity index (χ2n) is 9.30. The number of benzene rings is 2. The minimum Gasteiger partial charge on any atom is -0.478 e. The topological polar surface area (TPSA) is 92.3 Å². The van der Waals surface area contributed by atoms with Crippen LogP contribution < -0.4 is 0 Å². The standard InChI is InChI=1S/C26H20F6N2O4/c1-24(2,3)38-23(37)15(11-33)9-16-13-34(20-6-4-5-19(21(16)20)22(35)36)12-14-7-17(25(27,28)29)10-18(8-14)26(30,31)32/h4-10,13H,12H2,1-3H3,(H,35,36). The van der Waals surface area contributed by atoms with Crippen LogP contribution in [0, 0.1) is 11.3 Å². The average Bonchev–Trinajstić information content (AvgIpc) is 3.11. The summed E-state index contributed by atoms with van der Waals surface area (Å²) in [6.45, 7) is 4.20. The van der Waals surface area contributed by atoms with Crippen LogP contribution in [0.25, 0.3) is 17.0 Å². The van der Waals surface area contributed by atoms with E-state index in [0.29, 0.717) is 12.1 Å². The zero-order chi connectivity index (χ0) is 28.6. The summed E-state index contributed by atoms with van der Waals surface area (Å²) in [6.07, 6.45) is -7.79. The van der Waals surface area contributed by atoms with E-state index in [9.17, 15) is 46.3 Å². The Labute approximate surface area is 212 Å². The zero-order valence-electron chi connectivity index (χ0n) is 20.2. The number of carboxylic acid groups (broad SMARTS) is 1. The Hall–Kier alpha value is -4.27. The molecule has 0 radical (unpaired) electrons. The van der Waals surface area contributed by atoms with Crippen molar-refractivity contribution < 1.29 is 45.8 Å². The number of esters is 1. The van der Waals surface area contributed by atoms with Gasteiger partial charge in [-0.2, -0.15) is 31.6 Å². The van der Waals surface area contributed by atoms with Gasteiger partial charge in [0, 0.05) is 29.2 Å². The van der Waals surface area contributed by atoms with Crippen LogP contribution in [0.4, 0.5) is 26.3 Å². The highest BCUT2D eigenvalue weighted by atomic mass is 19.4. The van der Waals surface area contributed by atoms with E-state index < -0.39 is 53.1 Å². The summed E-state index contributed by atoms with van der Waals surface area (Å²) in [4.78, 5) is 24.3. The monoisotopic (exact) mass is 538 g/mol. The van der Waals surface area contributed by atoms with Gasteiger partial charge >= 0.3 is 24.3 Å². The van der Waals surface area contributed by atoms with Crippen molar-refractivity contribution in [2.45, 2.75) is 45.3 Å². The number of carbonyl (C=O) groups is 2.